The fourth-order valence-corrected chi connectivity index (χ4v) is 2.31. The summed E-state index contributed by atoms with van der Waals surface area (Å²) in [4.78, 5) is 40.7. The van der Waals surface area contributed by atoms with Crippen LogP contribution in [0, 0.1) is 0 Å². The van der Waals surface area contributed by atoms with Crippen molar-refractivity contribution in [3.05, 3.63) is 18.2 Å². The van der Waals surface area contributed by atoms with Gasteiger partial charge in [-0.25, -0.2) is 4.98 Å². The topological polar surface area (TPSA) is 142 Å². The Hall–Kier alpha value is -2.07. The number of nitrogens with zero attached hydrogens (tertiary/aromatic N) is 1. The number of carbonyl (C=O) groups is 3. The molecule has 24 heavy (non-hydrogen) atoms. The summed E-state index contributed by atoms with van der Waals surface area (Å²) in [6.07, 6.45) is 5.82. The summed E-state index contributed by atoms with van der Waals surface area (Å²) in [5.74, 6) is -0.818. The van der Waals surface area contributed by atoms with E-state index in [0.717, 1.165) is 18.5 Å². The molecule has 0 aliphatic carbocycles. The van der Waals surface area contributed by atoms with E-state index < -0.39 is 18.0 Å². The van der Waals surface area contributed by atoms with Crippen molar-refractivity contribution in [1.82, 2.24) is 25.9 Å². The summed E-state index contributed by atoms with van der Waals surface area (Å²) >= 11 is 4.02. The number of thiol groups is 1. The number of carbonyl (C=O) groups excluding carboxylic acids is 3. The SMILES string of the molecule is NC(=O)C(CS)NC(=O)C(Cc1cnc[nH]1)NCCCCNC=O. The van der Waals surface area contributed by atoms with Gasteiger partial charge in [-0.1, -0.05) is 0 Å². The van der Waals surface area contributed by atoms with Crippen LogP contribution in [-0.4, -0.2) is 59.1 Å². The van der Waals surface area contributed by atoms with Gasteiger partial charge in [0, 0.05) is 30.6 Å². The van der Waals surface area contributed by atoms with E-state index in [9.17, 15) is 14.4 Å². The van der Waals surface area contributed by atoms with Gasteiger partial charge in [-0.15, -0.1) is 0 Å². The summed E-state index contributed by atoms with van der Waals surface area (Å²) in [6.45, 7) is 1.18. The third kappa shape index (κ3) is 7.47. The second-order valence-electron chi connectivity index (χ2n) is 5.21. The molecular weight excluding hydrogens is 332 g/mol. The Kier molecular flexibility index (Phi) is 9.54. The van der Waals surface area contributed by atoms with E-state index in [2.05, 4.69) is 38.5 Å². The maximum Gasteiger partial charge on any atom is 0.240 e. The van der Waals surface area contributed by atoms with Crippen LogP contribution < -0.4 is 21.7 Å². The minimum absolute atomic E-state index is 0.134. The Morgan fingerprint density at radius 2 is 2.08 bits per heavy atom. The van der Waals surface area contributed by atoms with Crippen LogP contribution in [0.5, 0.6) is 0 Å². The highest BCUT2D eigenvalue weighted by Gasteiger charge is 2.23. The summed E-state index contributed by atoms with van der Waals surface area (Å²) in [5, 5.41) is 8.33. The number of hydrogen-bond donors (Lipinski definition) is 6. The molecule has 0 radical (unpaired) electrons. The Balaban J connectivity index is 2.54. The number of H-pyrrole nitrogens is 1. The smallest absolute Gasteiger partial charge is 0.240 e. The zero-order valence-electron chi connectivity index (χ0n) is 13.3. The number of nitrogens with two attached hydrogens (primary N) is 1. The van der Waals surface area contributed by atoms with Gasteiger partial charge in [0.25, 0.3) is 0 Å². The van der Waals surface area contributed by atoms with Crippen molar-refractivity contribution < 1.29 is 14.4 Å². The maximum absolute atomic E-state index is 12.4. The third-order valence-electron chi connectivity index (χ3n) is 3.36. The van der Waals surface area contributed by atoms with Crippen molar-refractivity contribution in [1.29, 1.82) is 0 Å². The third-order valence-corrected chi connectivity index (χ3v) is 3.72. The molecule has 0 fully saturated rings. The number of primary amides is 1. The minimum atomic E-state index is -0.816. The normalized spacial score (nSPS) is 13.0. The number of amides is 3. The van der Waals surface area contributed by atoms with Crippen LogP contribution in [0.15, 0.2) is 12.5 Å². The highest BCUT2D eigenvalue weighted by molar-refractivity contribution is 7.80. The molecule has 134 valence electrons. The molecule has 0 aliphatic heterocycles. The van der Waals surface area contributed by atoms with E-state index in [4.69, 9.17) is 5.73 Å². The average Bonchev–Trinajstić information content (AvgIpc) is 3.07. The predicted molar refractivity (Wildman–Crippen MR) is 92.4 cm³/mol. The number of hydrogen-bond acceptors (Lipinski definition) is 6. The Morgan fingerprint density at radius 3 is 2.67 bits per heavy atom. The van der Waals surface area contributed by atoms with Crippen molar-refractivity contribution in [2.45, 2.75) is 31.3 Å². The molecule has 0 saturated heterocycles. The van der Waals surface area contributed by atoms with Crippen molar-refractivity contribution in [3.8, 4) is 0 Å². The molecule has 2 atom stereocenters. The van der Waals surface area contributed by atoms with Crippen LogP contribution in [0.2, 0.25) is 0 Å². The van der Waals surface area contributed by atoms with Gasteiger partial charge in [-0.2, -0.15) is 12.6 Å². The molecule has 0 aromatic carbocycles. The molecule has 10 heteroatoms. The van der Waals surface area contributed by atoms with Gasteiger partial charge in [0.1, 0.15) is 6.04 Å². The zero-order valence-corrected chi connectivity index (χ0v) is 14.2. The number of aromatic amines is 1. The summed E-state index contributed by atoms with van der Waals surface area (Å²) in [7, 11) is 0. The van der Waals surface area contributed by atoms with Gasteiger partial charge < -0.3 is 26.7 Å². The lowest BCUT2D eigenvalue weighted by Crippen LogP contribution is -2.53. The first-order valence-corrected chi connectivity index (χ1v) is 8.30. The quantitative estimate of drug-likeness (QED) is 0.142. The molecule has 9 nitrogen and oxygen atoms in total. The van der Waals surface area contributed by atoms with Gasteiger partial charge in [-0.05, 0) is 19.4 Å². The van der Waals surface area contributed by atoms with Crippen LogP contribution in [0.1, 0.15) is 18.5 Å². The molecule has 1 heterocycles. The van der Waals surface area contributed by atoms with Gasteiger partial charge in [0.15, 0.2) is 0 Å². The average molecular weight is 356 g/mol. The molecule has 3 amide bonds. The fraction of sp³-hybridized carbons (Fsp3) is 0.571. The number of nitrogens with one attached hydrogen (secondary N) is 4. The lowest BCUT2D eigenvalue weighted by atomic mass is 10.1. The molecule has 6 N–H and O–H groups in total. The molecule has 2 unspecified atom stereocenters. The van der Waals surface area contributed by atoms with Gasteiger partial charge in [-0.3, -0.25) is 14.4 Å². The van der Waals surface area contributed by atoms with E-state index >= 15 is 0 Å². The Bertz CT molecular complexity index is 511. The number of unbranched alkanes of at least 4 members (excludes halogenated alkanes) is 1. The second kappa shape index (κ2) is 11.5. The summed E-state index contributed by atoms with van der Waals surface area (Å²) in [5.41, 5.74) is 6.02. The van der Waals surface area contributed by atoms with Crippen LogP contribution in [0.3, 0.4) is 0 Å². The Labute approximate surface area is 146 Å². The fourth-order valence-electron chi connectivity index (χ4n) is 2.04. The monoisotopic (exact) mass is 356 g/mol. The van der Waals surface area contributed by atoms with Crippen LogP contribution >= 0.6 is 12.6 Å². The van der Waals surface area contributed by atoms with E-state index in [-0.39, 0.29) is 11.7 Å². The predicted octanol–water partition coefficient (Wildman–Crippen LogP) is -1.66. The first kappa shape index (κ1) is 20.0. The van der Waals surface area contributed by atoms with Gasteiger partial charge in [0.05, 0.1) is 12.4 Å². The first-order chi connectivity index (χ1) is 11.6. The molecular formula is C14H24N6O3S. The van der Waals surface area contributed by atoms with Crippen molar-refractivity contribution in [2.24, 2.45) is 5.73 Å². The molecule has 0 bridgehead atoms. The van der Waals surface area contributed by atoms with Gasteiger partial charge in [0.2, 0.25) is 18.2 Å². The summed E-state index contributed by atoms with van der Waals surface area (Å²) < 4.78 is 0. The molecule has 0 spiro atoms. The van der Waals surface area contributed by atoms with Crippen molar-refractivity contribution in [3.63, 3.8) is 0 Å². The standard InChI is InChI=1S/C14H24N6O3S/c15-13(22)12(7-24)20-14(23)11(5-10-6-17-8-19-10)18-4-2-1-3-16-9-21/h6,8-9,11-12,18,24H,1-5,7H2,(H2,15,22)(H,16,21)(H,17,19)(H,20,23). The lowest BCUT2D eigenvalue weighted by molar-refractivity contribution is -0.128. The number of imidazole rings is 1. The van der Waals surface area contributed by atoms with Crippen LogP contribution in [0.25, 0.3) is 0 Å². The molecule has 1 rings (SSSR count). The maximum atomic E-state index is 12.4. The van der Waals surface area contributed by atoms with Crippen molar-refractivity contribution >= 4 is 30.9 Å². The van der Waals surface area contributed by atoms with E-state index in [1.54, 1.807) is 6.20 Å². The van der Waals surface area contributed by atoms with E-state index in [1.165, 1.54) is 6.33 Å². The highest BCUT2D eigenvalue weighted by Crippen LogP contribution is 2.01. The number of rotatable bonds is 13. The molecule has 1 aromatic heterocycles. The van der Waals surface area contributed by atoms with Crippen LogP contribution in [0.4, 0.5) is 0 Å². The summed E-state index contributed by atoms with van der Waals surface area (Å²) in [6, 6.07) is -1.35. The lowest BCUT2D eigenvalue weighted by Gasteiger charge is -2.20. The molecule has 0 aliphatic rings. The Morgan fingerprint density at radius 1 is 1.33 bits per heavy atom. The zero-order chi connectivity index (χ0) is 17.8. The number of aromatic nitrogens is 2. The molecule has 0 saturated carbocycles. The van der Waals surface area contributed by atoms with Crippen LogP contribution in [-0.2, 0) is 20.8 Å². The van der Waals surface area contributed by atoms with E-state index in [0.29, 0.717) is 25.9 Å². The second-order valence-corrected chi connectivity index (χ2v) is 5.58. The van der Waals surface area contributed by atoms with E-state index in [1.807, 2.05) is 0 Å². The first-order valence-electron chi connectivity index (χ1n) is 7.66. The largest absolute Gasteiger partial charge is 0.368 e. The minimum Gasteiger partial charge on any atom is -0.368 e. The molecule has 1 aromatic rings. The van der Waals surface area contributed by atoms with Crippen molar-refractivity contribution in [2.75, 3.05) is 18.8 Å². The van der Waals surface area contributed by atoms with Gasteiger partial charge >= 0.3 is 0 Å². The highest BCUT2D eigenvalue weighted by atomic mass is 32.1.